The average molecular weight is 321 g/mol. The summed E-state index contributed by atoms with van der Waals surface area (Å²) in [6.07, 6.45) is 8.21. The minimum absolute atomic E-state index is 0. The molecule has 0 aromatic carbocycles. The van der Waals surface area contributed by atoms with E-state index in [-0.39, 0.29) is 76.4 Å². The Kier molecular flexibility index (Phi) is 15.1. The normalized spacial score (nSPS) is 19.5. The van der Waals surface area contributed by atoms with Crippen molar-refractivity contribution in [3.63, 3.8) is 0 Å². The number of hydrogen-bond acceptors (Lipinski definition) is 2. The van der Waals surface area contributed by atoms with Crippen LogP contribution < -0.4 is 51.4 Å². The molecule has 1 heterocycles. The van der Waals surface area contributed by atoms with E-state index in [9.17, 15) is 9.59 Å². The van der Waals surface area contributed by atoms with Gasteiger partial charge in [0.15, 0.2) is 0 Å². The van der Waals surface area contributed by atoms with Gasteiger partial charge in [0.05, 0.1) is 0 Å². The maximum absolute atomic E-state index is 12.3. The van der Waals surface area contributed by atoms with E-state index in [1.165, 1.54) is 0 Å². The molecular formula is C17H31KNO2-. The third-order valence-corrected chi connectivity index (χ3v) is 4.17. The summed E-state index contributed by atoms with van der Waals surface area (Å²) in [7, 11) is 0. The molecule has 2 rings (SSSR count). The Hall–Kier alpha value is 0.776. The molecule has 2 aliphatic rings. The molecule has 0 N–H and O–H groups in total. The van der Waals surface area contributed by atoms with Crippen LogP contribution in [0, 0.1) is 25.7 Å². The minimum Gasteiger partial charge on any atom is -0.358 e. The Bertz CT molecular complexity index is 293. The second-order valence-corrected chi connectivity index (χ2v) is 5.35. The zero-order valence-electron chi connectivity index (χ0n) is 14.7. The zero-order valence-corrected chi connectivity index (χ0v) is 17.8. The van der Waals surface area contributed by atoms with Crippen LogP contribution in [-0.4, -0.2) is 29.7 Å². The number of ketones is 1. The number of piperidine rings is 1. The molecule has 2 fully saturated rings. The molecule has 1 saturated carbocycles. The molecule has 1 aliphatic carbocycles. The van der Waals surface area contributed by atoms with E-state index >= 15 is 0 Å². The second kappa shape index (κ2) is 13.2. The Morgan fingerprint density at radius 3 is 1.86 bits per heavy atom. The maximum atomic E-state index is 12.3. The smallest absolute Gasteiger partial charge is 0.358 e. The average Bonchev–Trinajstić information content (AvgIpc) is 2.49. The summed E-state index contributed by atoms with van der Waals surface area (Å²) in [6.45, 7) is 7.23. The molecule has 0 unspecified atom stereocenters. The fourth-order valence-corrected chi connectivity index (χ4v) is 2.94. The van der Waals surface area contributed by atoms with E-state index in [0.717, 1.165) is 51.6 Å². The van der Waals surface area contributed by atoms with Crippen molar-refractivity contribution < 1.29 is 61.0 Å². The van der Waals surface area contributed by atoms with Crippen LogP contribution in [0.25, 0.3) is 0 Å². The summed E-state index contributed by atoms with van der Waals surface area (Å²) in [5.74, 6) is 1.05. The van der Waals surface area contributed by atoms with Crippen LogP contribution in [-0.2, 0) is 9.59 Å². The summed E-state index contributed by atoms with van der Waals surface area (Å²) >= 11 is 0. The molecule has 0 spiro atoms. The number of hydrogen-bond donors (Lipinski definition) is 0. The molecule has 1 saturated heterocycles. The van der Waals surface area contributed by atoms with Crippen LogP contribution in [0.5, 0.6) is 0 Å². The first-order valence-electron chi connectivity index (χ1n) is 7.79. The first-order valence-corrected chi connectivity index (χ1v) is 7.79. The summed E-state index contributed by atoms with van der Waals surface area (Å²) < 4.78 is 0. The molecule has 4 heteroatoms. The van der Waals surface area contributed by atoms with E-state index in [4.69, 9.17) is 0 Å². The van der Waals surface area contributed by atoms with Crippen LogP contribution in [0.15, 0.2) is 0 Å². The van der Waals surface area contributed by atoms with Gasteiger partial charge < -0.3 is 18.7 Å². The monoisotopic (exact) mass is 320 g/mol. The van der Waals surface area contributed by atoms with Crippen molar-refractivity contribution >= 4 is 11.7 Å². The van der Waals surface area contributed by atoms with Crippen molar-refractivity contribution in [3.05, 3.63) is 13.8 Å². The van der Waals surface area contributed by atoms with E-state index in [1.54, 1.807) is 6.92 Å². The first kappa shape index (κ1) is 24.0. The van der Waals surface area contributed by atoms with Gasteiger partial charge in [-0.2, -0.15) is 12.8 Å². The Balaban J connectivity index is 0. The van der Waals surface area contributed by atoms with Gasteiger partial charge in [0.25, 0.3) is 0 Å². The van der Waals surface area contributed by atoms with E-state index < -0.39 is 0 Å². The Morgan fingerprint density at radius 1 is 0.952 bits per heavy atom. The van der Waals surface area contributed by atoms with Crippen molar-refractivity contribution in [2.45, 2.75) is 59.3 Å². The number of carbonyl (C=O) groups excluding carboxylic acids is 2. The van der Waals surface area contributed by atoms with E-state index in [2.05, 4.69) is 6.42 Å². The van der Waals surface area contributed by atoms with Gasteiger partial charge in [0, 0.05) is 24.9 Å². The molecule has 0 aromatic heterocycles. The third-order valence-electron chi connectivity index (χ3n) is 4.17. The van der Waals surface area contributed by atoms with Crippen LogP contribution >= 0.6 is 0 Å². The van der Waals surface area contributed by atoms with Gasteiger partial charge in [-0.05, 0) is 19.8 Å². The van der Waals surface area contributed by atoms with Crippen molar-refractivity contribution in [1.29, 1.82) is 0 Å². The topological polar surface area (TPSA) is 37.4 Å². The molecule has 0 bridgehead atoms. The van der Waals surface area contributed by atoms with Crippen molar-refractivity contribution in [2.75, 3.05) is 13.1 Å². The quantitative estimate of drug-likeness (QED) is 0.554. The predicted octanol–water partition coefficient (Wildman–Crippen LogP) is 0.689. The van der Waals surface area contributed by atoms with Crippen LogP contribution in [0.4, 0.5) is 0 Å². The van der Waals surface area contributed by atoms with Gasteiger partial charge >= 0.3 is 51.4 Å². The summed E-state index contributed by atoms with van der Waals surface area (Å²) in [5.41, 5.74) is 0. The standard InChI is InChI=1S/C14H22NO2.C2H6.CH3.K/c1-11(16)12-7-9-15(10-8-12)14(17)13-5-3-2-4-6-13;1-2;;/h2,12-13H,3-10H2,1H3;1-2H3;1H3;/q-1;;-1;+1. The largest absolute Gasteiger partial charge is 1.00 e. The summed E-state index contributed by atoms with van der Waals surface area (Å²) in [5, 5.41) is 0. The fraction of sp³-hybridized carbons (Fsp3) is 0.765. The number of amides is 1. The van der Waals surface area contributed by atoms with Crippen molar-refractivity contribution in [3.8, 4) is 0 Å². The molecule has 0 radical (unpaired) electrons. The molecule has 118 valence electrons. The van der Waals surface area contributed by atoms with Gasteiger partial charge in [-0.1, -0.05) is 26.7 Å². The number of rotatable bonds is 2. The number of Topliss-reactive ketones (excluding diaryl/α,β-unsaturated/α-hetero) is 1. The molecule has 21 heavy (non-hydrogen) atoms. The minimum atomic E-state index is 0. The molecular weight excluding hydrogens is 289 g/mol. The van der Waals surface area contributed by atoms with Crippen LogP contribution in [0.3, 0.4) is 0 Å². The van der Waals surface area contributed by atoms with Crippen molar-refractivity contribution in [1.82, 2.24) is 4.90 Å². The van der Waals surface area contributed by atoms with Gasteiger partial charge in [0.1, 0.15) is 5.78 Å². The summed E-state index contributed by atoms with van der Waals surface area (Å²) in [4.78, 5) is 25.5. The Morgan fingerprint density at radius 2 is 1.43 bits per heavy atom. The molecule has 0 atom stereocenters. The van der Waals surface area contributed by atoms with Gasteiger partial charge in [0.2, 0.25) is 5.91 Å². The Labute approximate surface area is 174 Å². The zero-order chi connectivity index (χ0) is 14.3. The van der Waals surface area contributed by atoms with Gasteiger partial charge in [-0.25, -0.2) is 0 Å². The van der Waals surface area contributed by atoms with Crippen LogP contribution in [0.2, 0.25) is 0 Å². The third kappa shape index (κ3) is 7.73. The van der Waals surface area contributed by atoms with E-state index in [1.807, 2.05) is 18.7 Å². The fourth-order valence-electron chi connectivity index (χ4n) is 2.94. The molecule has 0 aromatic rings. The second-order valence-electron chi connectivity index (χ2n) is 5.35. The van der Waals surface area contributed by atoms with Gasteiger partial charge in [-0.3, -0.25) is 9.59 Å². The molecule has 1 aliphatic heterocycles. The van der Waals surface area contributed by atoms with Gasteiger partial charge in [-0.15, -0.1) is 0 Å². The van der Waals surface area contributed by atoms with Crippen molar-refractivity contribution in [2.24, 2.45) is 11.8 Å². The SMILES string of the molecule is CC.CC(=O)C1CCN(C(=O)C2CC[CH-]CC2)CC1.[CH3-].[K+]. The molecule has 3 nitrogen and oxygen atoms in total. The number of nitrogens with zero attached hydrogens (tertiary/aromatic N) is 1. The summed E-state index contributed by atoms with van der Waals surface area (Å²) in [6, 6.07) is 0. The first-order chi connectivity index (χ1) is 9.18. The van der Waals surface area contributed by atoms with E-state index in [0.29, 0.717) is 5.91 Å². The number of likely N-dealkylation sites (tertiary alicyclic amines) is 1. The van der Waals surface area contributed by atoms with Crippen LogP contribution in [0.1, 0.15) is 59.3 Å². The predicted molar refractivity (Wildman–Crippen MR) is 84.0 cm³/mol. The number of carbonyl (C=O) groups is 2. The maximum Gasteiger partial charge on any atom is 1.00 e. The molecule has 1 amide bonds.